The number of aromatic nitrogens is 2. The lowest BCUT2D eigenvalue weighted by Crippen LogP contribution is -2.28. The Balaban J connectivity index is 1.89. The van der Waals surface area contributed by atoms with Crippen molar-refractivity contribution in [3.05, 3.63) is 46.0 Å². The number of thiocarbonyl (C=S) groups is 1. The van der Waals surface area contributed by atoms with Gasteiger partial charge in [-0.15, -0.1) is 0 Å². The van der Waals surface area contributed by atoms with Crippen LogP contribution in [-0.4, -0.2) is 38.2 Å². The maximum atomic E-state index is 13.9. The first-order valence-electron chi connectivity index (χ1n) is 8.81. The molecule has 29 heavy (non-hydrogen) atoms. The summed E-state index contributed by atoms with van der Waals surface area (Å²) in [6.45, 7) is 4.76. The lowest BCUT2D eigenvalue weighted by Gasteiger charge is -2.13. The van der Waals surface area contributed by atoms with Crippen LogP contribution >= 0.6 is 35.6 Å². The fraction of sp³-hybridized carbons (Fsp3) is 0.263. The van der Waals surface area contributed by atoms with E-state index in [0.29, 0.717) is 28.1 Å². The van der Waals surface area contributed by atoms with Gasteiger partial charge in [-0.3, -0.25) is 9.69 Å². The van der Waals surface area contributed by atoms with E-state index in [1.807, 2.05) is 13.8 Å². The molecule has 1 fully saturated rings. The zero-order valence-corrected chi connectivity index (χ0v) is 18.0. The lowest BCUT2D eigenvalue weighted by atomic mass is 10.2. The van der Waals surface area contributed by atoms with E-state index in [-0.39, 0.29) is 22.8 Å². The number of nitrogens with zero attached hydrogens (tertiary/aromatic N) is 3. The molecule has 1 aromatic carbocycles. The predicted octanol–water partition coefficient (Wildman–Crippen LogP) is 5.07. The minimum atomic E-state index is -0.750. The Morgan fingerprint density at radius 1 is 1.34 bits per heavy atom. The lowest BCUT2D eigenvalue weighted by molar-refractivity contribution is -0.122. The Kier molecular flexibility index (Phi) is 7.05. The first kappa shape index (κ1) is 21.5. The van der Waals surface area contributed by atoms with E-state index in [1.54, 1.807) is 29.2 Å². The Bertz CT molecular complexity index is 987. The highest BCUT2D eigenvalue weighted by atomic mass is 35.5. The van der Waals surface area contributed by atoms with Gasteiger partial charge in [0.05, 0.1) is 17.7 Å². The maximum absolute atomic E-state index is 13.9. The average molecular weight is 454 g/mol. The molecule has 0 saturated carbocycles. The smallest absolute Gasteiger partial charge is 0.266 e. The number of amides is 1. The molecule has 0 radical (unpaired) electrons. The van der Waals surface area contributed by atoms with Gasteiger partial charge in [0.1, 0.15) is 4.32 Å². The van der Waals surface area contributed by atoms with Gasteiger partial charge in [0.2, 0.25) is 11.1 Å². The molecular weight excluding hydrogens is 437 g/mol. The van der Waals surface area contributed by atoms with Crippen LogP contribution in [0.2, 0.25) is 5.28 Å². The van der Waals surface area contributed by atoms with Crippen LogP contribution in [-0.2, 0) is 4.79 Å². The van der Waals surface area contributed by atoms with Crippen molar-refractivity contribution in [1.29, 1.82) is 0 Å². The van der Waals surface area contributed by atoms with Crippen LogP contribution < -0.4 is 9.47 Å². The van der Waals surface area contributed by atoms with E-state index in [4.69, 9.17) is 33.3 Å². The summed E-state index contributed by atoms with van der Waals surface area (Å²) in [7, 11) is 0. The molecule has 0 N–H and O–H groups in total. The third-order valence-electron chi connectivity index (χ3n) is 3.78. The Morgan fingerprint density at radius 2 is 2.14 bits per heavy atom. The number of benzene rings is 1. The van der Waals surface area contributed by atoms with E-state index in [1.165, 1.54) is 11.8 Å². The summed E-state index contributed by atoms with van der Waals surface area (Å²) in [5, 5.41) is -0.134. The molecule has 2 aromatic rings. The minimum Gasteiger partial charge on any atom is -0.490 e. The predicted molar refractivity (Wildman–Crippen MR) is 115 cm³/mol. The van der Waals surface area contributed by atoms with Crippen LogP contribution in [0.4, 0.5) is 4.39 Å². The summed E-state index contributed by atoms with van der Waals surface area (Å²) in [6, 6.07) is 5.04. The van der Waals surface area contributed by atoms with Gasteiger partial charge >= 0.3 is 0 Å². The van der Waals surface area contributed by atoms with Crippen molar-refractivity contribution in [2.75, 3.05) is 13.2 Å². The van der Waals surface area contributed by atoms with Crippen molar-refractivity contribution in [3.8, 4) is 17.4 Å². The molecule has 10 heteroatoms. The first-order chi connectivity index (χ1) is 13.9. The second kappa shape index (κ2) is 9.51. The number of carbonyl (C=O) groups is 1. The molecule has 1 aromatic heterocycles. The van der Waals surface area contributed by atoms with Gasteiger partial charge in [0.15, 0.2) is 11.5 Å². The molecule has 1 saturated heterocycles. The molecule has 0 spiro atoms. The standard InChI is InChI=1S/C19H17ClFN3O3S2/c1-3-7-24-17(25)15(29-19(24)28)9-11-5-6-13(14(8-11)26-4-2)27-16-12(21)10-22-18(20)23-16/h5-6,8-10H,3-4,7H2,1-2H3/b15-9-. The molecule has 152 valence electrons. The Morgan fingerprint density at radius 3 is 2.86 bits per heavy atom. The van der Waals surface area contributed by atoms with Crippen molar-refractivity contribution in [2.45, 2.75) is 20.3 Å². The van der Waals surface area contributed by atoms with E-state index < -0.39 is 5.82 Å². The van der Waals surface area contributed by atoms with Crippen LogP contribution in [0, 0.1) is 5.82 Å². The third-order valence-corrected chi connectivity index (χ3v) is 5.34. The summed E-state index contributed by atoms with van der Waals surface area (Å²) in [5.74, 6) is -0.534. The Labute approximate surface area is 182 Å². The van der Waals surface area contributed by atoms with Gasteiger partial charge in [-0.2, -0.15) is 9.37 Å². The SMILES string of the molecule is CCCN1C(=O)/C(=C/c2ccc(Oc3nc(Cl)ncc3F)c(OCC)c2)SC1=S. The van der Waals surface area contributed by atoms with Crippen LogP contribution in [0.1, 0.15) is 25.8 Å². The maximum Gasteiger partial charge on any atom is 0.266 e. The molecule has 2 heterocycles. The molecule has 1 amide bonds. The summed E-state index contributed by atoms with van der Waals surface area (Å²) in [6.07, 6.45) is 3.49. The quantitative estimate of drug-likeness (QED) is 0.329. The Hall–Kier alpha value is -2.23. The van der Waals surface area contributed by atoms with Gasteiger partial charge in [0, 0.05) is 6.54 Å². The van der Waals surface area contributed by atoms with Gasteiger partial charge in [-0.1, -0.05) is 37.0 Å². The van der Waals surface area contributed by atoms with E-state index >= 15 is 0 Å². The number of rotatable bonds is 7. The second-order valence-electron chi connectivity index (χ2n) is 5.87. The minimum absolute atomic E-state index is 0.113. The fourth-order valence-electron chi connectivity index (χ4n) is 2.54. The second-order valence-corrected chi connectivity index (χ2v) is 7.88. The topological polar surface area (TPSA) is 64.6 Å². The highest BCUT2D eigenvalue weighted by Crippen LogP contribution is 2.36. The highest BCUT2D eigenvalue weighted by Gasteiger charge is 2.31. The molecule has 6 nitrogen and oxygen atoms in total. The summed E-state index contributed by atoms with van der Waals surface area (Å²) < 4.78 is 25.6. The van der Waals surface area contributed by atoms with Gasteiger partial charge in [0.25, 0.3) is 11.8 Å². The molecule has 0 aliphatic carbocycles. The van der Waals surface area contributed by atoms with Gasteiger partial charge in [-0.25, -0.2) is 4.98 Å². The van der Waals surface area contributed by atoms with Crippen LogP contribution in [0.15, 0.2) is 29.3 Å². The largest absolute Gasteiger partial charge is 0.490 e. The number of halogens is 2. The van der Waals surface area contributed by atoms with E-state index in [2.05, 4.69) is 9.97 Å². The number of hydrogen-bond donors (Lipinski definition) is 0. The molecule has 1 aliphatic rings. The van der Waals surface area contributed by atoms with E-state index in [0.717, 1.165) is 18.2 Å². The number of carbonyl (C=O) groups excluding carboxylic acids is 1. The number of hydrogen-bond acceptors (Lipinski definition) is 7. The average Bonchev–Trinajstić information content (AvgIpc) is 2.94. The first-order valence-corrected chi connectivity index (χ1v) is 10.4. The fourth-order valence-corrected chi connectivity index (χ4v) is 3.98. The van der Waals surface area contributed by atoms with Crippen molar-refractivity contribution >= 4 is 51.9 Å². The van der Waals surface area contributed by atoms with Crippen molar-refractivity contribution in [2.24, 2.45) is 0 Å². The van der Waals surface area contributed by atoms with Crippen LogP contribution in [0.25, 0.3) is 6.08 Å². The van der Waals surface area contributed by atoms with Crippen LogP contribution in [0.5, 0.6) is 17.4 Å². The van der Waals surface area contributed by atoms with Gasteiger partial charge < -0.3 is 9.47 Å². The third kappa shape index (κ3) is 5.04. The molecule has 1 aliphatic heterocycles. The zero-order valence-electron chi connectivity index (χ0n) is 15.6. The number of ether oxygens (including phenoxy) is 2. The molecule has 0 unspecified atom stereocenters. The monoisotopic (exact) mass is 453 g/mol. The summed E-state index contributed by atoms with van der Waals surface area (Å²) in [5.41, 5.74) is 0.721. The molecular formula is C19H17ClFN3O3S2. The van der Waals surface area contributed by atoms with Crippen molar-refractivity contribution < 1.29 is 18.7 Å². The summed E-state index contributed by atoms with van der Waals surface area (Å²) in [4.78, 5) is 21.9. The molecule has 0 atom stereocenters. The highest BCUT2D eigenvalue weighted by molar-refractivity contribution is 8.26. The zero-order chi connectivity index (χ0) is 21.0. The van der Waals surface area contributed by atoms with Crippen molar-refractivity contribution in [3.63, 3.8) is 0 Å². The molecule has 3 rings (SSSR count). The summed E-state index contributed by atoms with van der Waals surface area (Å²) >= 11 is 12.3. The molecule has 0 bridgehead atoms. The normalized spacial score (nSPS) is 15.3. The van der Waals surface area contributed by atoms with Crippen LogP contribution in [0.3, 0.4) is 0 Å². The van der Waals surface area contributed by atoms with Gasteiger partial charge in [-0.05, 0) is 48.7 Å². The van der Waals surface area contributed by atoms with Crippen molar-refractivity contribution in [1.82, 2.24) is 14.9 Å². The van der Waals surface area contributed by atoms with E-state index in [9.17, 15) is 9.18 Å². The number of thioether (sulfide) groups is 1.